The average Bonchev–Trinajstić information content (AvgIpc) is 3.38. The minimum Gasteiger partial charge on any atom is -0.458 e. The molecule has 0 amide bonds. The van der Waals surface area contributed by atoms with Crippen LogP contribution in [0.2, 0.25) is 0 Å². The summed E-state index contributed by atoms with van der Waals surface area (Å²) in [6, 6.07) is 0. The number of thiazole rings is 1. The minimum absolute atomic E-state index is 0.0251. The summed E-state index contributed by atoms with van der Waals surface area (Å²) < 4.78 is 11.7. The first-order valence-corrected chi connectivity index (χ1v) is 13.2. The van der Waals surface area contributed by atoms with E-state index in [2.05, 4.69) is 10.9 Å². The Morgan fingerprint density at radius 3 is 2.63 bits per heavy atom. The highest BCUT2D eigenvalue weighted by molar-refractivity contribution is 7.10. The molecule has 3 rings (SSSR count). The van der Waals surface area contributed by atoms with Crippen molar-refractivity contribution in [3.05, 3.63) is 21.7 Å². The lowest BCUT2D eigenvalue weighted by atomic mass is 9.73. The Labute approximate surface area is 211 Å². The van der Waals surface area contributed by atoms with Gasteiger partial charge in [0, 0.05) is 17.7 Å². The highest BCUT2D eigenvalue weighted by Crippen LogP contribution is 2.36. The van der Waals surface area contributed by atoms with Crippen LogP contribution >= 0.6 is 11.3 Å². The van der Waals surface area contributed by atoms with Gasteiger partial charge in [0.15, 0.2) is 5.01 Å². The number of ether oxygens (including phenoxy) is 2. The number of ketones is 1. The van der Waals surface area contributed by atoms with Crippen molar-refractivity contribution in [2.45, 2.75) is 97.2 Å². The van der Waals surface area contributed by atoms with Crippen molar-refractivity contribution >= 4 is 29.2 Å². The van der Waals surface area contributed by atoms with Gasteiger partial charge in [0.25, 0.3) is 0 Å². The van der Waals surface area contributed by atoms with Crippen molar-refractivity contribution < 1.29 is 29.3 Å². The number of carbonyl (C=O) groups excluding carboxylic acids is 2. The molecule has 2 aliphatic rings. The number of fused-ring (bicyclic) bond motifs is 1. The summed E-state index contributed by atoms with van der Waals surface area (Å²) in [4.78, 5) is 30.4. The average molecular weight is 504 g/mol. The number of nitrogens with zero attached hydrogens (tertiary/aromatic N) is 1. The number of aromatic nitrogens is 1. The van der Waals surface area contributed by atoms with E-state index in [1.54, 1.807) is 20.8 Å². The highest BCUT2D eigenvalue weighted by atomic mass is 32.1. The Bertz CT molecular complexity index is 992. The number of Topliss-reactive ketones (excluding diaryl/α,β-unsaturated/α-hetero) is 1. The molecule has 0 bridgehead atoms. The van der Waals surface area contributed by atoms with Crippen LogP contribution in [0.4, 0.5) is 0 Å². The van der Waals surface area contributed by atoms with Crippen molar-refractivity contribution in [1.82, 2.24) is 4.98 Å². The summed E-state index contributed by atoms with van der Waals surface area (Å²) in [6.45, 7) is 8.73. The predicted molar refractivity (Wildman–Crippen MR) is 134 cm³/mol. The van der Waals surface area contributed by atoms with Gasteiger partial charge < -0.3 is 19.7 Å². The first kappa shape index (κ1) is 27.5. The van der Waals surface area contributed by atoms with E-state index in [-0.39, 0.29) is 30.3 Å². The van der Waals surface area contributed by atoms with E-state index in [0.29, 0.717) is 17.1 Å². The second-order valence-corrected chi connectivity index (χ2v) is 11.4. The van der Waals surface area contributed by atoms with Crippen LogP contribution in [0.3, 0.4) is 0 Å². The molecule has 0 aromatic carbocycles. The predicted octanol–water partition coefficient (Wildman–Crippen LogP) is 3.76. The van der Waals surface area contributed by atoms with Gasteiger partial charge in [-0.1, -0.05) is 34.1 Å². The molecular formula is C27H37NO6S. The molecule has 0 spiro atoms. The molecular weight excluding hydrogens is 466 g/mol. The molecule has 2 saturated heterocycles. The van der Waals surface area contributed by atoms with Crippen LogP contribution in [0.15, 0.2) is 11.0 Å². The molecule has 0 aliphatic carbocycles. The molecule has 192 valence electrons. The maximum Gasteiger partial charge on any atom is 0.309 e. The Hall–Kier alpha value is -2.05. The van der Waals surface area contributed by atoms with Crippen molar-refractivity contribution in [2.24, 2.45) is 17.3 Å². The van der Waals surface area contributed by atoms with Crippen LogP contribution in [-0.4, -0.2) is 57.5 Å². The van der Waals surface area contributed by atoms with Gasteiger partial charge >= 0.3 is 5.97 Å². The van der Waals surface area contributed by atoms with Crippen LogP contribution in [0.1, 0.15) is 77.4 Å². The largest absolute Gasteiger partial charge is 0.458 e. The Balaban J connectivity index is 1.82. The molecule has 1 aromatic rings. The Kier molecular flexibility index (Phi) is 8.92. The van der Waals surface area contributed by atoms with Crippen LogP contribution in [0.25, 0.3) is 6.08 Å². The van der Waals surface area contributed by atoms with Gasteiger partial charge in [-0.2, -0.15) is 0 Å². The SMILES string of the molecule is C#Cc1nc(C=C(C)C2CC3OC3CCCC(C)C(O)C(C)C(=O)C(C)(C)C(O)CC(=O)O2)cs1. The third-order valence-electron chi connectivity index (χ3n) is 7.42. The lowest BCUT2D eigenvalue weighted by Crippen LogP contribution is -2.45. The second kappa shape index (κ2) is 11.3. The molecule has 35 heavy (non-hydrogen) atoms. The van der Waals surface area contributed by atoms with Crippen LogP contribution in [-0.2, 0) is 19.1 Å². The molecule has 7 nitrogen and oxygen atoms in total. The molecule has 2 fully saturated rings. The zero-order chi connectivity index (χ0) is 25.9. The number of rotatable bonds is 2. The highest BCUT2D eigenvalue weighted by Gasteiger charge is 2.44. The van der Waals surface area contributed by atoms with E-state index >= 15 is 0 Å². The normalized spacial score (nSPS) is 35.0. The standard InChI is InChI=1S/C27H37NO6S/c1-7-23-28-18(14-35-23)11-16(3)20-12-21-19(33-21)10-8-9-15(2)25(31)17(4)26(32)27(5,6)22(29)13-24(30)34-20/h1,11,14-15,17,19-22,25,29,31H,8-10,12-13H2,2-6H3. The maximum absolute atomic E-state index is 13.2. The van der Waals surface area contributed by atoms with Gasteiger partial charge in [0.1, 0.15) is 11.9 Å². The number of terminal acetylenes is 1. The number of carbonyl (C=O) groups is 2. The van der Waals surface area contributed by atoms with E-state index < -0.39 is 35.6 Å². The molecule has 3 heterocycles. The zero-order valence-electron chi connectivity index (χ0n) is 21.2. The summed E-state index contributed by atoms with van der Waals surface area (Å²) in [6.07, 6.45) is 7.36. The van der Waals surface area contributed by atoms with E-state index in [4.69, 9.17) is 15.9 Å². The second-order valence-electron chi connectivity index (χ2n) is 10.5. The van der Waals surface area contributed by atoms with Gasteiger partial charge in [0.05, 0.1) is 41.9 Å². The zero-order valence-corrected chi connectivity index (χ0v) is 22.0. The molecule has 7 atom stereocenters. The Morgan fingerprint density at radius 2 is 1.97 bits per heavy atom. The summed E-state index contributed by atoms with van der Waals surface area (Å²) in [5.41, 5.74) is 0.288. The van der Waals surface area contributed by atoms with Crippen molar-refractivity contribution in [1.29, 1.82) is 0 Å². The fraction of sp³-hybridized carbons (Fsp3) is 0.667. The van der Waals surface area contributed by atoms with E-state index in [1.807, 2.05) is 25.3 Å². The topological polar surface area (TPSA) is 109 Å². The Morgan fingerprint density at radius 1 is 1.26 bits per heavy atom. The number of hydrogen-bond acceptors (Lipinski definition) is 8. The quantitative estimate of drug-likeness (QED) is 0.359. The summed E-state index contributed by atoms with van der Waals surface area (Å²) in [7, 11) is 0. The minimum atomic E-state index is -1.24. The number of esters is 1. The molecule has 2 aliphatic heterocycles. The number of cyclic esters (lactones) is 1. The first-order valence-electron chi connectivity index (χ1n) is 12.3. The van der Waals surface area contributed by atoms with Crippen LogP contribution < -0.4 is 0 Å². The van der Waals surface area contributed by atoms with Crippen LogP contribution in [0, 0.1) is 29.6 Å². The van der Waals surface area contributed by atoms with Crippen LogP contribution in [0.5, 0.6) is 0 Å². The van der Waals surface area contributed by atoms with Crippen molar-refractivity contribution in [3.8, 4) is 12.3 Å². The molecule has 7 unspecified atom stereocenters. The van der Waals surface area contributed by atoms with Gasteiger partial charge in [-0.15, -0.1) is 17.8 Å². The molecule has 0 radical (unpaired) electrons. The lowest BCUT2D eigenvalue weighted by Gasteiger charge is -2.34. The lowest BCUT2D eigenvalue weighted by molar-refractivity contribution is -0.154. The number of aliphatic hydroxyl groups is 2. The number of aliphatic hydroxyl groups excluding tert-OH is 2. The summed E-state index contributed by atoms with van der Waals surface area (Å²) >= 11 is 1.37. The third kappa shape index (κ3) is 6.79. The van der Waals surface area contributed by atoms with E-state index in [9.17, 15) is 19.8 Å². The van der Waals surface area contributed by atoms with Crippen molar-refractivity contribution in [3.63, 3.8) is 0 Å². The van der Waals surface area contributed by atoms with Gasteiger partial charge in [0.2, 0.25) is 0 Å². The third-order valence-corrected chi connectivity index (χ3v) is 8.21. The number of epoxide rings is 1. The fourth-order valence-electron chi connectivity index (χ4n) is 4.75. The van der Waals surface area contributed by atoms with E-state index in [1.165, 1.54) is 11.3 Å². The van der Waals surface area contributed by atoms with Gasteiger partial charge in [-0.25, -0.2) is 4.98 Å². The summed E-state index contributed by atoms with van der Waals surface area (Å²) in [5, 5.41) is 24.0. The van der Waals surface area contributed by atoms with Gasteiger partial charge in [-0.3, -0.25) is 9.59 Å². The molecule has 0 saturated carbocycles. The number of hydrogen-bond donors (Lipinski definition) is 2. The smallest absolute Gasteiger partial charge is 0.309 e. The molecule has 1 aromatic heterocycles. The monoisotopic (exact) mass is 503 g/mol. The summed E-state index contributed by atoms with van der Waals surface area (Å²) in [5.74, 6) is 0.925. The fourth-order valence-corrected chi connectivity index (χ4v) is 5.33. The first-order chi connectivity index (χ1) is 16.4. The van der Waals surface area contributed by atoms with E-state index in [0.717, 1.165) is 24.8 Å². The van der Waals surface area contributed by atoms with Crippen molar-refractivity contribution in [2.75, 3.05) is 0 Å². The van der Waals surface area contributed by atoms with Gasteiger partial charge in [-0.05, 0) is 43.3 Å². The maximum atomic E-state index is 13.2. The molecule has 8 heteroatoms. The molecule has 2 N–H and O–H groups in total.